The summed E-state index contributed by atoms with van der Waals surface area (Å²) in [7, 11) is 0. The number of nitrogens with zero attached hydrogens (tertiary/aromatic N) is 3. The maximum atomic E-state index is 12.6. The van der Waals surface area contributed by atoms with E-state index in [9.17, 15) is 9.90 Å². The third kappa shape index (κ3) is 4.39. The molecule has 1 aromatic carbocycles. The van der Waals surface area contributed by atoms with Gasteiger partial charge in [0.25, 0.3) is 0 Å². The van der Waals surface area contributed by atoms with Gasteiger partial charge in [-0.2, -0.15) is 0 Å². The fraction of sp³-hybridized carbons (Fsp3) is 0.480. The second kappa shape index (κ2) is 8.36. The number of rotatable bonds is 8. The quantitative estimate of drug-likeness (QED) is 0.472. The van der Waals surface area contributed by atoms with Gasteiger partial charge in [-0.1, -0.05) is 41.9 Å². The molecule has 5 nitrogen and oxygen atoms in total. The van der Waals surface area contributed by atoms with Gasteiger partial charge in [0, 0.05) is 24.8 Å². The molecule has 2 aromatic heterocycles. The number of imidazole rings is 1. The third-order valence-electron chi connectivity index (χ3n) is 6.59. The molecule has 0 amide bonds. The van der Waals surface area contributed by atoms with Gasteiger partial charge in [-0.25, -0.2) is 9.97 Å². The second-order valence-electron chi connectivity index (χ2n) is 9.36. The van der Waals surface area contributed by atoms with Crippen LogP contribution in [0.5, 0.6) is 0 Å². The summed E-state index contributed by atoms with van der Waals surface area (Å²) in [5.74, 6) is 1.03. The lowest BCUT2D eigenvalue weighted by molar-refractivity contribution is -0.123. The molecule has 0 spiro atoms. The maximum absolute atomic E-state index is 12.6. The van der Waals surface area contributed by atoms with Crippen molar-refractivity contribution in [3.63, 3.8) is 0 Å². The number of pyridine rings is 1. The normalized spacial score (nSPS) is 17.3. The van der Waals surface area contributed by atoms with Crippen molar-refractivity contribution in [3.8, 4) is 0 Å². The lowest BCUT2D eigenvalue weighted by Crippen LogP contribution is -2.38. The first kappa shape index (κ1) is 22.0. The molecular formula is C25H30ClN3O2. The van der Waals surface area contributed by atoms with Crippen molar-refractivity contribution in [2.24, 2.45) is 0 Å². The highest BCUT2D eigenvalue weighted by molar-refractivity contribution is 6.30. The van der Waals surface area contributed by atoms with E-state index in [4.69, 9.17) is 16.6 Å². The Morgan fingerprint density at radius 3 is 2.61 bits per heavy atom. The van der Waals surface area contributed by atoms with Gasteiger partial charge in [-0.15, -0.1) is 0 Å². The van der Waals surface area contributed by atoms with Gasteiger partial charge in [-0.3, -0.25) is 4.79 Å². The first-order valence-corrected chi connectivity index (χ1v) is 11.4. The number of hydrogen-bond acceptors (Lipinski definition) is 4. The van der Waals surface area contributed by atoms with E-state index in [0.717, 1.165) is 41.0 Å². The molecule has 0 saturated heterocycles. The van der Waals surface area contributed by atoms with Gasteiger partial charge in [0.15, 0.2) is 5.65 Å². The summed E-state index contributed by atoms with van der Waals surface area (Å²) in [6.45, 7) is 5.89. The molecule has 1 unspecified atom stereocenters. The highest BCUT2D eigenvalue weighted by Crippen LogP contribution is 2.42. The van der Waals surface area contributed by atoms with E-state index in [1.165, 1.54) is 6.42 Å². The standard InChI is InChI=1S/C25H30ClN3O2/c1-17-15-20-23(28-22(17)26)29(24(2)13-8-14-24)21(27-20)12-7-11-19(30)16-25(3,31)18-9-5-4-6-10-18/h4-6,9-10,15,31H,7-8,11-14,16H2,1-3H3. The molecule has 1 aliphatic rings. The number of ketones is 1. The fourth-order valence-electron chi connectivity index (χ4n) is 4.59. The van der Waals surface area contributed by atoms with E-state index in [1.54, 1.807) is 6.92 Å². The summed E-state index contributed by atoms with van der Waals surface area (Å²) >= 11 is 6.32. The number of aromatic nitrogens is 3. The lowest BCUT2D eigenvalue weighted by Gasteiger charge is -2.41. The highest BCUT2D eigenvalue weighted by Gasteiger charge is 2.37. The molecule has 4 rings (SSSR count). The number of benzene rings is 1. The van der Waals surface area contributed by atoms with Crippen LogP contribution in [0.3, 0.4) is 0 Å². The van der Waals surface area contributed by atoms with Crippen molar-refractivity contribution in [2.45, 2.75) is 76.9 Å². The molecular weight excluding hydrogens is 410 g/mol. The largest absolute Gasteiger partial charge is 0.385 e. The minimum absolute atomic E-state index is 0.0106. The molecule has 1 saturated carbocycles. The number of Topliss-reactive ketones (excluding diaryl/α,β-unsaturated/α-hetero) is 1. The summed E-state index contributed by atoms with van der Waals surface area (Å²) in [4.78, 5) is 22.1. The van der Waals surface area contributed by atoms with Crippen molar-refractivity contribution in [1.82, 2.24) is 14.5 Å². The van der Waals surface area contributed by atoms with Gasteiger partial charge in [-0.05, 0) is 63.6 Å². The molecule has 3 aromatic rings. The summed E-state index contributed by atoms with van der Waals surface area (Å²) < 4.78 is 2.25. The Kier molecular flexibility index (Phi) is 5.93. The Balaban J connectivity index is 1.48. The number of hydrogen-bond donors (Lipinski definition) is 1. The molecule has 2 heterocycles. The Labute approximate surface area is 188 Å². The zero-order valence-electron chi connectivity index (χ0n) is 18.5. The van der Waals surface area contributed by atoms with Crippen molar-refractivity contribution in [3.05, 3.63) is 58.5 Å². The Hall–Kier alpha value is -2.24. The average molecular weight is 440 g/mol. The zero-order chi connectivity index (χ0) is 22.2. The van der Waals surface area contributed by atoms with Crippen LogP contribution in [-0.4, -0.2) is 25.4 Å². The molecule has 1 atom stereocenters. The van der Waals surface area contributed by atoms with Gasteiger partial charge >= 0.3 is 0 Å². The summed E-state index contributed by atoms with van der Waals surface area (Å²) in [5.41, 5.74) is 2.25. The van der Waals surface area contributed by atoms with Gasteiger partial charge in [0.05, 0.1) is 5.60 Å². The van der Waals surface area contributed by atoms with E-state index in [-0.39, 0.29) is 17.7 Å². The van der Waals surface area contributed by atoms with E-state index in [1.807, 2.05) is 43.3 Å². The van der Waals surface area contributed by atoms with Crippen LogP contribution >= 0.6 is 11.6 Å². The summed E-state index contributed by atoms with van der Waals surface area (Å²) in [6.07, 6.45) is 5.30. The van der Waals surface area contributed by atoms with Crippen LogP contribution in [0, 0.1) is 6.92 Å². The van der Waals surface area contributed by atoms with Crippen LogP contribution in [0.25, 0.3) is 11.2 Å². The van der Waals surface area contributed by atoms with Crippen LogP contribution in [0.15, 0.2) is 36.4 Å². The van der Waals surface area contributed by atoms with Crippen molar-refractivity contribution < 1.29 is 9.90 Å². The first-order chi connectivity index (χ1) is 14.7. The fourth-order valence-corrected chi connectivity index (χ4v) is 4.72. The second-order valence-corrected chi connectivity index (χ2v) is 9.72. The van der Waals surface area contributed by atoms with E-state index in [0.29, 0.717) is 24.4 Å². The van der Waals surface area contributed by atoms with Crippen LogP contribution in [0.4, 0.5) is 0 Å². The molecule has 164 valence electrons. The highest BCUT2D eigenvalue weighted by atomic mass is 35.5. The van der Waals surface area contributed by atoms with Crippen molar-refractivity contribution in [2.75, 3.05) is 0 Å². The molecule has 6 heteroatoms. The number of aliphatic hydroxyl groups is 1. The monoisotopic (exact) mass is 439 g/mol. The zero-order valence-corrected chi connectivity index (χ0v) is 19.2. The molecule has 1 aliphatic carbocycles. The predicted octanol–water partition coefficient (Wildman–Crippen LogP) is 5.48. The first-order valence-electron chi connectivity index (χ1n) is 11.0. The number of carbonyl (C=O) groups excluding carboxylic acids is 1. The molecule has 0 bridgehead atoms. The number of carbonyl (C=O) groups is 1. The molecule has 31 heavy (non-hydrogen) atoms. The average Bonchev–Trinajstić information content (AvgIpc) is 3.04. The van der Waals surface area contributed by atoms with Gasteiger partial charge in [0.1, 0.15) is 22.3 Å². The Morgan fingerprint density at radius 1 is 1.26 bits per heavy atom. The third-order valence-corrected chi connectivity index (χ3v) is 6.98. The minimum Gasteiger partial charge on any atom is -0.385 e. The van der Waals surface area contributed by atoms with E-state index >= 15 is 0 Å². The lowest BCUT2D eigenvalue weighted by atomic mass is 9.78. The van der Waals surface area contributed by atoms with Crippen molar-refractivity contribution >= 4 is 28.5 Å². The number of fused-ring (bicyclic) bond motifs is 1. The molecule has 1 N–H and O–H groups in total. The molecule has 0 aliphatic heterocycles. The van der Waals surface area contributed by atoms with E-state index in [2.05, 4.69) is 16.5 Å². The van der Waals surface area contributed by atoms with Crippen LogP contribution in [-0.2, 0) is 22.4 Å². The van der Waals surface area contributed by atoms with Crippen LogP contribution < -0.4 is 0 Å². The van der Waals surface area contributed by atoms with Crippen molar-refractivity contribution in [1.29, 1.82) is 0 Å². The Morgan fingerprint density at radius 2 is 1.97 bits per heavy atom. The predicted molar refractivity (Wildman–Crippen MR) is 123 cm³/mol. The topological polar surface area (TPSA) is 68.0 Å². The van der Waals surface area contributed by atoms with Crippen LogP contribution in [0.2, 0.25) is 5.15 Å². The Bertz CT molecular complexity index is 1100. The van der Waals surface area contributed by atoms with E-state index < -0.39 is 5.60 Å². The number of aryl methyl sites for hydroxylation is 2. The molecule has 1 fully saturated rings. The van der Waals surface area contributed by atoms with Gasteiger partial charge in [0.2, 0.25) is 0 Å². The minimum atomic E-state index is -1.15. The molecule has 0 radical (unpaired) electrons. The SMILES string of the molecule is Cc1cc2nc(CCCC(=O)CC(C)(O)c3ccccc3)n(C3(C)CCC3)c2nc1Cl. The van der Waals surface area contributed by atoms with Crippen LogP contribution in [0.1, 0.15) is 69.3 Å². The van der Waals surface area contributed by atoms with Gasteiger partial charge < -0.3 is 9.67 Å². The summed E-state index contributed by atoms with van der Waals surface area (Å²) in [5, 5.41) is 11.3. The smallest absolute Gasteiger partial charge is 0.162 e. The summed E-state index contributed by atoms with van der Waals surface area (Å²) in [6, 6.07) is 11.4. The maximum Gasteiger partial charge on any atom is 0.162 e. The number of halogens is 1.